The topological polar surface area (TPSA) is 78.4 Å². The number of urea groups is 1. The van der Waals surface area contributed by atoms with Crippen molar-refractivity contribution in [2.75, 3.05) is 0 Å². The second kappa shape index (κ2) is 9.00. The van der Waals surface area contributed by atoms with Gasteiger partial charge in [-0.1, -0.05) is 50.6 Å². The maximum Gasteiger partial charge on any atom is 0.326 e. The maximum absolute atomic E-state index is 11.9. The van der Waals surface area contributed by atoms with E-state index in [1.54, 1.807) is 0 Å². The molecule has 2 amide bonds. The van der Waals surface area contributed by atoms with E-state index in [1.807, 2.05) is 37.3 Å². The van der Waals surface area contributed by atoms with Gasteiger partial charge in [0.1, 0.15) is 6.04 Å². The van der Waals surface area contributed by atoms with E-state index in [-0.39, 0.29) is 12.5 Å². The number of carboxylic acids is 1. The third-order valence-electron chi connectivity index (χ3n) is 3.35. The van der Waals surface area contributed by atoms with Crippen LogP contribution in [-0.4, -0.2) is 29.2 Å². The number of carbonyl (C=O) groups excluding carboxylic acids is 1. The number of benzene rings is 1. The Morgan fingerprint density at radius 3 is 2.33 bits per heavy atom. The summed E-state index contributed by atoms with van der Waals surface area (Å²) in [7, 11) is 0. The summed E-state index contributed by atoms with van der Waals surface area (Å²) in [5, 5.41) is 14.6. The van der Waals surface area contributed by atoms with Gasteiger partial charge >= 0.3 is 12.0 Å². The Bertz CT molecular complexity index is 448. The van der Waals surface area contributed by atoms with Gasteiger partial charge in [-0.15, -0.1) is 0 Å². The van der Waals surface area contributed by atoms with Crippen LogP contribution in [-0.2, 0) is 11.2 Å². The molecular formula is C16H24N2O3. The monoisotopic (exact) mass is 292 g/mol. The van der Waals surface area contributed by atoms with Crippen molar-refractivity contribution in [3.8, 4) is 0 Å². The van der Waals surface area contributed by atoms with Crippen LogP contribution in [0.15, 0.2) is 30.3 Å². The number of carbonyl (C=O) groups is 2. The summed E-state index contributed by atoms with van der Waals surface area (Å²) < 4.78 is 0. The van der Waals surface area contributed by atoms with Crippen molar-refractivity contribution in [2.24, 2.45) is 0 Å². The van der Waals surface area contributed by atoms with Crippen LogP contribution < -0.4 is 10.6 Å². The van der Waals surface area contributed by atoms with Crippen molar-refractivity contribution < 1.29 is 14.7 Å². The highest BCUT2D eigenvalue weighted by atomic mass is 16.4. The van der Waals surface area contributed by atoms with Crippen molar-refractivity contribution in [1.29, 1.82) is 0 Å². The second-order valence-electron chi connectivity index (χ2n) is 5.09. The highest BCUT2D eigenvalue weighted by Gasteiger charge is 2.21. The molecule has 2 unspecified atom stereocenters. The van der Waals surface area contributed by atoms with E-state index >= 15 is 0 Å². The molecular weight excluding hydrogens is 268 g/mol. The molecule has 0 bridgehead atoms. The van der Waals surface area contributed by atoms with Crippen molar-refractivity contribution >= 4 is 12.0 Å². The minimum Gasteiger partial charge on any atom is -0.480 e. The Kier molecular flexibility index (Phi) is 7.29. The summed E-state index contributed by atoms with van der Waals surface area (Å²) in [6.45, 7) is 4.05. The van der Waals surface area contributed by atoms with Crippen LogP contribution in [0.3, 0.4) is 0 Å². The van der Waals surface area contributed by atoms with E-state index in [0.717, 1.165) is 24.8 Å². The summed E-state index contributed by atoms with van der Waals surface area (Å²) in [6.07, 6.45) is 2.97. The molecule has 21 heavy (non-hydrogen) atoms. The van der Waals surface area contributed by atoms with Gasteiger partial charge in [0.25, 0.3) is 0 Å². The minimum atomic E-state index is -1.03. The van der Waals surface area contributed by atoms with Gasteiger partial charge in [-0.05, 0) is 18.4 Å². The van der Waals surface area contributed by atoms with Crippen LogP contribution >= 0.6 is 0 Å². The van der Waals surface area contributed by atoms with Gasteiger partial charge < -0.3 is 15.7 Å². The molecule has 0 saturated heterocycles. The van der Waals surface area contributed by atoms with Gasteiger partial charge in [0.05, 0.1) is 0 Å². The smallest absolute Gasteiger partial charge is 0.326 e. The summed E-state index contributed by atoms with van der Waals surface area (Å²) >= 11 is 0. The standard InChI is InChI=1S/C16H24N2O3/c1-3-8-13(4-2)17-16(21)18-14(15(19)20)11-12-9-6-5-7-10-12/h5-7,9-10,13-14H,3-4,8,11H2,1-2H3,(H,19,20)(H2,17,18,21). The van der Waals surface area contributed by atoms with Crippen molar-refractivity contribution in [3.63, 3.8) is 0 Å². The first-order chi connectivity index (χ1) is 10.1. The number of hydrogen-bond donors (Lipinski definition) is 3. The average molecular weight is 292 g/mol. The largest absolute Gasteiger partial charge is 0.480 e. The van der Waals surface area contributed by atoms with Gasteiger partial charge in [-0.25, -0.2) is 9.59 Å². The summed E-state index contributed by atoms with van der Waals surface area (Å²) in [5.41, 5.74) is 0.880. The lowest BCUT2D eigenvalue weighted by Crippen LogP contribution is -2.49. The van der Waals surface area contributed by atoms with Gasteiger partial charge in [0.15, 0.2) is 0 Å². The van der Waals surface area contributed by atoms with Gasteiger partial charge in [-0.3, -0.25) is 0 Å². The number of carboxylic acid groups (broad SMARTS) is 1. The molecule has 1 aromatic rings. The maximum atomic E-state index is 11.9. The Balaban J connectivity index is 2.58. The summed E-state index contributed by atoms with van der Waals surface area (Å²) in [6, 6.07) is 8.01. The number of amides is 2. The lowest BCUT2D eigenvalue weighted by molar-refractivity contribution is -0.139. The first-order valence-electron chi connectivity index (χ1n) is 7.40. The van der Waals surface area contributed by atoms with Crippen molar-refractivity contribution in [2.45, 2.75) is 51.6 Å². The molecule has 5 heteroatoms. The number of hydrogen-bond acceptors (Lipinski definition) is 2. The van der Waals surface area contributed by atoms with Gasteiger partial charge in [0, 0.05) is 12.5 Å². The normalized spacial score (nSPS) is 13.2. The zero-order valence-corrected chi connectivity index (χ0v) is 12.6. The fourth-order valence-electron chi connectivity index (χ4n) is 2.16. The molecule has 5 nitrogen and oxygen atoms in total. The van der Waals surface area contributed by atoms with Gasteiger partial charge in [0.2, 0.25) is 0 Å². The molecule has 0 aromatic heterocycles. The molecule has 0 aliphatic carbocycles. The van der Waals surface area contributed by atoms with Crippen LogP contribution in [0.2, 0.25) is 0 Å². The molecule has 3 N–H and O–H groups in total. The van der Waals surface area contributed by atoms with Crippen LogP contribution in [0.1, 0.15) is 38.7 Å². The Morgan fingerprint density at radius 2 is 1.81 bits per heavy atom. The number of nitrogens with one attached hydrogen (secondary N) is 2. The second-order valence-corrected chi connectivity index (χ2v) is 5.09. The Morgan fingerprint density at radius 1 is 1.14 bits per heavy atom. The molecule has 116 valence electrons. The highest BCUT2D eigenvalue weighted by Crippen LogP contribution is 2.04. The summed E-state index contributed by atoms with van der Waals surface area (Å²) in [5.74, 6) is -1.03. The van der Waals surface area contributed by atoms with Crippen molar-refractivity contribution in [3.05, 3.63) is 35.9 Å². The van der Waals surface area contributed by atoms with E-state index in [4.69, 9.17) is 0 Å². The third kappa shape index (κ3) is 6.29. The van der Waals surface area contributed by atoms with E-state index in [0.29, 0.717) is 0 Å². The zero-order valence-electron chi connectivity index (χ0n) is 12.6. The van der Waals surface area contributed by atoms with Crippen LogP contribution in [0.5, 0.6) is 0 Å². The fraction of sp³-hybridized carbons (Fsp3) is 0.500. The predicted octanol–water partition coefficient (Wildman–Crippen LogP) is 2.56. The molecule has 0 fully saturated rings. The Hall–Kier alpha value is -2.04. The third-order valence-corrected chi connectivity index (χ3v) is 3.35. The van der Waals surface area contributed by atoms with Crippen LogP contribution in [0.4, 0.5) is 4.79 Å². The molecule has 2 atom stereocenters. The summed E-state index contributed by atoms with van der Waals surface area (Å²) in [4.78, 5) is 23.2. The van der Waals surface area contributed by atoms with Crippen LogP contribution in [0.25, 0.3) is 0 Å². The van der Waals surface area contributed by atoms with E-state index in [1.165, 1.54) is 0 Å². The minimum absolute atomic E-state index is 0.0844. The lowest BCUT2D eigenvalue weighted by atomic mass is 10.1. The Labute approximate surface area is 125 Å². The average Bonchev–Trinajstić information content (AvgIpc) is 2.47. The quantitative estimate of drug-likeness (QED) is 0.689. The zero-order chi connectivity index (χ0) is 15.7. The SMILES string of the molecule is CCCC(CC)NC(=O)NC(Cc1ccccc1)C(=O)O. The molecule has 0 aliphatic heterocycles. The molecule has 0 spiro atoms. The molecule has 0 radical (unpaired) electrons. The molecule has 0 aliphatic rings. The van der Waals surface area contributed by atoms with E-state index < -0.39 is 18.0 Å². The molecule has 1 aromatic carbocycles. The lowest BCUT2D eigenvalue weighted by Gasteiger charge is -2.19. The number of rotatable bonds is 8. The molecule has 1 rings (SSSR count). The van der Waals surface area contributed by atoms with Crippen molar-refractivity contribution in [1.82, 2.24) is 10.6 Å². The highest BCUT2D eigenvalue weighted by molar-refractivity contribution is 5.82. The predicted molar refractivity (Wildman–Crippen MR) is 82.2 cm³/mol. The van der Waals surface area contributed by atoms with Crippen LogP contribution in [0, 0.1) is 0 Å². The first-order valence-corrected chi connectivity index (χ1v) is 7.40. The molecule has 0 saturated carbocycles. The fourth-order valence-corrected chi connectivity index (χ4v) is 2.16. The number of aliphatic carboxylic acids is 1. The first kappa shape index (κ1) is 17.0. The molecule has 0 heterocycles. The van der Waals surface area contributed by atoms with E-state index in [9.17, 15) is 14.7 Å². The van der Waals surface area contributed by atoms with Gasteiger partial charge in [-0.2, -0.15) is 0 Å². The van der Waals surface area contributed by atoms with E-state index in [2.05, 4.69) is 17.6 Å².